The second-order valence-corrected chi connectivity index (χ2v) is 6.90. The van der Waals surface area contributed by atoms with Gasteiger partial charge in [-0.1, -0.05) is 41.4 Å². The number of para-hydroxylation sites is 2. The molecule has 4 aromatic rings. The maximum atomic E-state index is 11.9. The molecule has 1 aromatic heterocycles. The summed E-state index contributed by atoms with van der Waals surface area (Å²) < 4.78 is 0. The van der Waals surface area contributed by atoms with Gasteiger partial charge >= 0.3 is 0 Å². The first-order valence-electron chi connectivity index (χ1n) is 8.21. The average Bonchev–Trinajstić information content (AvgIpc) is 3.07. The quantitative estimate of drug-likeness (QED) is 0.429. The molecule has 0 fully saturated rings. The second-order valence-electron chi connectivity index (χ2n) is 6.05. The Bertz CT molecular complexity index is 1180. The van der Waals surface area contributed by atoms with Gasteiger partial charge in [-0.25, -0.2) is 4.98 Å². The topological polar surface area (TPSA) is 86.9 Å². The zero-order chi connectivity index (χ0) is 19.0. The Kier molecular flexibility index (Phi) is 4.59. The minimum Gasteiger partial charge on any atom is -0.376 e. The van der Waals surface area contributed by atoms with Gasteiger partial charge in [-0.3, -0.25) is 9.59 Å². The molecule has 1 heterocycles. The number of benzene rings is 2. The van der Waals surface area contributed by atoms with E-state index in [1.807, 2.05) is 24.3 Å². The molecule has 0 atom stereocenters. The first-order valence-corrected chi connectivity index (χ1v) is 8.97. The number of imidazole rings is 1. The number of aromatic amines is 1. The van der Waals surface area contributed by atoms with E-state index >= 15 is 0 Å². The van der Waals surface area contributed by atoms with Crippen molar-refractivity contribution in [3.05, 3.63) is 84.3 Å². The van der Waals surface area contributed by atoms with Crippen molar-refractivity contribution in [1.29, 1.82) is 0 Å². The molecule has 8 heteroatoms. The van der Waals surface area contributed by atoms with Crippen molar-refractivity contribution in [2.24, 2.45) is 0 Å². The summed E-state index contributed by atoms with van der Waals surface area (Å²) in [6, 6.07) is 12.8. The van der Waals surface area contributed by atoms with Gasteiger partial charge in [0.1, 0.15) is 17.2 Å². The van der Waals surface area contributed by atoms with Crippen molar-refractivity contribution in [3.8, 4) is 0 Å². The van der Waals surface area contributed by atoms with Gasteiger partial charge in [-0.05, 0) is 29.8 Å². The van der Waals surface area contributed by atoms with E-state index in [9.17, 15) is 9.59 Å². The van der Waals surface area contributed by atoms with Crippen molar-refractivity contribution >= 4 is 45.6 Å². The molecular formula is C19H14Cl2N4O2. The molecule has 6 nitrogen and oxygen atoms in total. The fourth-order valence-corrected chi connectivity index (χ4v) is 3.31. The third-order valence-corrected chi connectivity index (χ3v) is 4.84. The minimum atomic E-state index is -0.549. The molecule has 0 bridgehead atoms. The van der Waals surface area contributed by atoms with Gasteiger partial charge in [-0.15, -0.1) is 0 Å². The van der Waals surface area contributed by atoms with E-state index < -0.39 is 10.9 Å². The van der Waals surface area contributed by atoms with Crippen molar-refractivity contribution in [2.45, 2.75) is 13.1 Å². The van der Waals surface area contributed by atoms with E-state index in [4.69, 9.17) is 23.2 Å². The highest BCUT2D eigenvalue weighted by atomic mass is 35.5. The predicted molar refractivity (Wildman–Crippen MR) is 109 cm³/mol. The molecule has 3 N–H and O–H groups in total. The Hall–Kier alpha value is -2.83. The summed E-state index contributed by atoms with van der Waals surface area (Å²) in [6.07, 6.45) is 0. The molecule has 0 aliphatic heterocycles. The lowest BCUT2D eigenvalue weighted by Gasteiger charge is -2.15. The number of fused-ring (bicyclic) bond motifs is 1. The molecule has 136 valence electrons. The van der Waals surface area contributed by atoms with Crippen LogP contribution in [0.5, 0.6) is 0 Å². The highest BCUT2D eigenvalue weighted by molar-refractivity contribution is 6.35. The van der Waals surface area contributed by atoms with Crippen LogP contribution in [-0.4, -0.2) is 9.97 Å². The highest BCUT2D eigenvalue weighted by Crippen LogP contribution is 2.23. The van der Waals surface area contributed by atoms with Gasteiger partial charge in [0.15, 0.2) is 0 Å². The smallest absolute Gasteiger partial charge is 0.253 e. The van der Waals surface area contributed by atoms with E-state index in [-0.39, 0.29) is 11.4 Å². The molecule has 0 unspecified atom stereocenters. The van der Waals surface area contributed by atoms with E-state index in [0.29, 0.717) is 29.0 Å². The average molecular weight is 401 g/mol. The number of rotatable bonds is 6. The summed E-state index contributed by atoms with van der Waals surface area (Å²) in [5.41, 5.74) is 1.94. The van der Waals surface area contributed by atoms with E-state index in [1.165, 1.54) is 0 Å². The van der Waals surface area contributed by atoms with Gasteiger partial charge in [-0.2, -0.15) is 0 Å². The van der Waals surface area contributed by atoms with Crippen LogP contribution in [0.3, 0.4) is 0 Å². The van der Waals surface area contributed by atoms with Gasteiger partial charge in [0, 0.05) is 16.6 Å². The summed E-state index contributed by atoms with van der Waals surface area (Å²) in [5, 5.41) is 6.99. The Morgan fingerprint density at radius 3 is 2.33 bits per heavy atom. The van der Waals surface area contributed by atoms with Crippen LogP contribution in [-0.2, 0) is 13.1 Å². The van der Waals surface area contributed by atoms with Crippen molar-refractivity contribution in [1.82, 2.24) is 9.97 Å². The van der Waals surface area contributed by atoms with Crippen LogP contribution in [0.15, 0.2) is 52.1 Å². The van der Waals surface area contributed by atoms with Crippen molar-refractivity contribution < 1.29 is 0 Å². The molecule has 27 heavy (non-hydrogen) atoms. The van der Waals surface area contributed by atoms with Crippen LogP contribution in [0.2, 0.25) is 10.0 Å². The van der Waals surface area contributed by atoms with Crippen LogP contribution >= 0.6 is 23.2 Å². The number of H-pyrrole nitrogens is 1. The fourth-order valence-electron chi connectivity index (χ4n) is 2.84. The number of halogens is 2. The summed E-state index contributed by atoms with van der Waals surface area (Å²) in [4.78, 5) is 31.4. The molecule has 0 aliphatic carbocycles. The lowest BCUT2D eigenvalue weighted by molar-refractivity contribution is 1.00. The summed E-state index contributed by atoms with van der Waals surface area (Å²) in [6.45, 7) is 0.607. The fraction of sp³-hybridized carbons (Fsp3) is 0.105. The number of aromatic nitrogens is 2. The van der Waals surface area contributed by atoms with Gasteiger partial charge in [0.05, 0.1) is 17.6 Å². The molecule has 0 spiro atoms. The van der Waals surface area contributed by atoms with Crippen molar-refractivity contribution in [3.63, 3.8) is 0 Å². The van der Waals surface area contributed by atoms with Crippen LogP contribution in [0.4, 0.5) is 11.4 Å². The Balaban J connectivity index is 1.47. The minimum absolute atomic E-state index is 0.252. The van der Waals surface area contributed by atoms with Crippen molar-refractivity contribution in [2.75, 3.05) is 10.6 Å². The van der Waals surface area contributed by atoms with Crippen LogP contribution < -0.4 is 21.5 Å². The van der Waals surface area contributed by atoms with E-state index in [1.54, 1.807) is 18.2 Å². The Morgan fingerprint density at radius 1 is 0.926 bits per heavy atom. The van der Waals surface area contributed by atoms with Gasteiger partial charge < -0.3 is 15.6 Å². The zero-order valence-electron chi connectivity index (χ0n) is 14.0. The molecule has 0 radical (unpaired) electrons. The number of hydrogen-bond donors (Lipinski definition) is 3. The zero-order valence-corrected chi connectivity index (χ0v) is 15.5. The lowest BCUT2D eigenvalue weighted by atomic mass is 10.1. The number of anilines is 2. The van der Waals surface area contributed by atoms with E-state index in [0.717, 1.165) is 16.6 Å². The van der Waals surface area contributed by atoms with Crippen LogP contribution in [0, 0.1) is 0 Å². The molecule has 0 amide bonds. The standard InChI is InChI=1S/C19H14Cl2N4O2/c20-11-6-5-10(12(21)7-11)8-22-16-17(19(27)18(16)26)23-9-15-24-13-3-1-2-4-14(13)25-15/h1-7,22-23H,8-9H2,(H,24,25). The SMILES string of the molecule is O=c1c(NCc2nc3ccccc3[nH]2)c(NCc2ccc(Cl)cc2Cl)c1=O. The Morgan fingerprint density at radius 2 is 1.63 bits per heavy atom. The molecule has 3 aromatic carbocycles. The maximum absolute atomic E-state index is 11.9. The Labute approximate surface area is 163 Å². The monoisotopic (exact) mass is 400 g/mol. The highest BCUT2D eigenvalue weighted by Gasteiger charge is 2.21. The molecule has 0 saturated carbocycles. The maximum Gasteiger partial charge on any atom is 0.253 e. The molecule has 4 rings (SSSR count). The van der Waals surface area contributed by atoms with E-state index in [2.05, 4.69) is 20.6 Å². The molecular weight excluding hydrogens is 387 g/mol. The van der Waals surface area contributed by atoms with Crippen LogP contribution in [0.1, 0.15) is 11.4 Å². The van der Waals surface area contributed by atoms with Crippen LogP contribution in [0.25, 0.3) is 11.0 Å². The third kappa shape index (κ3) is 3.41. The van der Waals surface area contributed by atoms with Gasteiger partial charge in [0.2, 0.25) is 0 Å². The first-order chi connectivity index (χ1) is 13.0. The summed E-state index contributed by atoms with van der Waals surface area (Å²) in [5.74, 6) is 0.677. The molecule has 0 aliphatic rings. The van der Waals surface area contributed by atoms with Gasteiger partial charge in [0.25, 0.3) is 10.9 Å². The molecule has 0 saturated heterocycles. The second kappa shape index (κ2) is 7.06. The number of hydrogen-bond acceptors (Lipinski definition) is 5. The predicted octanol–water partition coefficient (Wildman–Crippen LogP) is 3.69. The number of nitrogens with zero attached hydrogens (tertiary/aromatic N) is 1. The lowest BCUT2D eigenvalue weighted by Crippen LogP contribution is -2.37. The first kappa shape index (κ1) is 17.6. The summed E-state index contributed by atoms with van der Waals surface area (Å²) in [7, 11) is 0. The summed E-state index contributed by atoms with van der Waals surface area (Å²) >= 11 is 12.0. The normalized spacial score (nSPS) is 11.2. The largest absolute Gasteiger partial charge is 0.376 e. The number of nitrogens with one attached hydrogen (secondary N) is 3. The third-order valence-electron chi connectivity index (χ3n) is 4.25.